The van der Waals surface area contributed by atoms with Crippen LogP contribution >= 0.6 is 11.3 Å². The van der Waals surface area contributed by atoms with E-state index in [1.165, 1.54) is 0 Å². The van der Waals surface area contributed by atoms with E-state index in [0.717, 1.165) is 76.7 Å². The Morgan fingerprint density at radius 2 is 1.90 bits per heavy atom. The predicted octanol–water partition coefficient (Wildman–Crippen LogP) is 4.15. The van der Waals surface area contributed by atoms with Gasteiger partial charge in [-0.05, 0) is 62.8 Å². The lowest BCUT2D eigenvalue weighted by Gasteiger charge is -2.28. The van der Waals surface area contributed by atoms with Crippen LogP contribution in [-0.4, -0.2) is 56.0 Å². The summed E-state index contributed by atoms with van der Waals surface area (Å²) in [6.45, 7) is 1.32. The number of nitrogens with zero attached hydrogens (tertiary/aromatic N) is 6. The molecular weight excluding hydrogens is 512 g/mol. The van der Waals surface area contributed by atoms with Crippen molar-refractivity contribution in [2.45, 2.75) is 56.5 Å². The lowest BCUT2D eigenvalue weighted by molar-refractivity contribution is -0.123. The average Bonchev–Trinajstić information content (AvgIpc) is 3.54. The maximum atomic E-state index is 12.1. The number of amides is 1. The monoisotopic (exact) mass is 540 g/mol. The van der Waals surface area contributed by atoms with Gasteiger partial charge in [-0.15, -0.1) is 10.2 Å². The molecule has 0 aromatic carbocycles. The fourth-order valence-corrected chi connectivity index (χ4v) is 6.37. The van der Waals surface area contributed by atoms with Crippen LogP contribution in [0, 0.1) is 17.2 Å². The summed E-state index contributed by atoms with van der Waals surface area (Å²) in [6.07, 6.45) is 9.48. The highest BCUT2D eigenvalue weighted by atomic mass is 32.1. The topological polar surface area (TPSA) is 130 Å². The first-order valence-electron chi connectivity index (χ1n) is 13.5. The molecule has 198 valence electrons. The number of carbonyl (C=O) groups excluding carboxylic acids is 1. The number of pyridine rings is 1. The van der Waals surface area contributed by atoms with Gasteiger partial charge in [0.2, 0.25) is 5.91 Å². The summed E-state index contributed by atoms with van der Waals surface area (Å²) in [4.78, 5) is 16.9. The molecular formula is C28H28N8O2S. The summed E-state index contributed by atoms with van der Waals surface area (Å²) in [5.74, 6) is 0.859. The smallest absolute Gasteiger partial charge is 0.223 e. The summed E-state index contributed by atoms with van der Waals surface area (Å²) in [5, 5.41) is 31.5. The predicted molar refractivity (Wildman–Crippen MR) is 146 cm³/mol. The largest absolute Gasteiger partial charge is 0.377 e. The lowest BCUT2D eigenvalue weighted by Crippen LogP contribution is -2.40. The molecule has 1 amide bonds. The highest BCUT2D eigenvalue weighted by Gasteiger charge is 2.33. The van der Waals surface area contributed by atoms with Gasteiger partial charge in [0.25, 0.3) is 0 Å². The van der Waals surface area contributed by atoms with E-state index in [1.807, 2.05) is 30.5 Å². The van der Waals surface area contributed by atoms with E-state index in [1.54, 1.807) is 22.0 Å². The van der Waals surface area contributed by atoms with Crippen molar-refractivity contribution in [2.75, 3.05) is 18.5 Å². The van der Waals surface area contributed by atoms with Gasteiger partial charge >= 0.3 is 0 Å². The minimum Gasteiger partial charge on any atom is -0.377 e. The zero-order valence-electron chi connectivity index (χ0n) is 21.3. The van der Waals surface area contributed by atoms with Gasteiger partial charge in [-0.25, -0.2) is 4.52 Å². The molecule has 4 aromatic heterocycles. The first kappa shape index (κ1) is 24.2. The van der Waals surface area contributed by atoms with Crippen molar-refractivity contribution >= 4 is 28.4 Å². The van der Waals surface area contributed by atoms with Gasteiger partial charge in [0, 0.05) is 29.8 Å². The third kappa shape index (κ3) is 4.86. The van der Waals surface area contributed by atoms with Crippen molar-refractivity contribution < 1.29 is 9.53 Å². The Labute approximate surface area is 229 Å². The van der Waals surface area contributed by atoms with Crippen molar-refractivity contribution in [3.05, 3.63) is 47.2 Å². The minimum absolute atomic E-state index is 0.230. The molecule has 0 atom stereocenters. The van der Waals surface area contributed by atoms with Crippen LogP contribution in [0.15, 0.2) is 36.7 Å². The van der Waals surface area contributed by atoms with Crippen LogP contribution < -0.4 is 10.6 Å². The highest BCUT2D eigenvalue weighted by Crippen LogP contribution is 2.39. The number of hydrogen-bond donors (Lipinski definition) is 2. The van der Waals surface area contributed by atoms with Crippen molar-refractivity contribution in [2.24, 2.45) is 5.92 Å². The summed E-state index contributed by atoms with van der Waals surface area (Å²) in [5.41, 5.74) is 4.83. The second-order valence-corrected chi connectivity index (χ2v) is 11.7. The standard InChI is InChI=1S/C28H28N8O2S/c29-11-16-9-21-7-8-25(36(21)31-12-16)24-10-23(32-20-14-38-15-20)22(13-30-24)28-35-34-27(39-28)18-3-5-19(6-4-18)33-26(37)17-1-2-17/h7-10,12-13,17-20H,1-6,14-15H2,(H,30,32)(H,33,37). The van der Waals surface area contributed by atoms with Gasteiger partial charge < -0.3 is 15.4 Å². The van der Waals surface area contributed by atoms with Crippen LogP contribution in [0.2, 0.25) is 0 Å². The van der Waals surface area contributed by atoms with Crippen LogP contribution in [-0.2, 0) is 9.53 Å². The molecule has 3 aliphatic rings. The van der Waals surface area contributed by atoms with E-state index in [9.17, 15) is 10.1 Å². The number of nitrogens with one attached hydrogen (secondary N) is 2. The number of nitriles is 1. The molecule has 4 aromatic rings. The van der Waals surface area contributed by atoms with Gasteiger partial charge in [-0.2, -0.15) is 10.4 Å². The van der Waals surface area contributed by atoms with Crippen LogP contribution in [0.3, 0.4) is 0 Å². The van der Waals surface area contributed by atoms with Gasteiger partial charge in [0.05, 0.1) is 53.5 Å². The molecule has 3 fully saturated rings. The van der Waals surface area contributed by atoms with Crippen molar-refractivity contribution in [3.8, 4) is 28.0 Å². The number of hydrogen-bond acceptors (Lipinski definition) is 9. The Kier molecular flexibility index (Phi) is 6.21. The zero-order chi connectivity index (χ0) is 26.3. The van der Waals surface area contributed by atoms with Gasteiger partial charge in [-0.3, -0.25) is 9.78 Å². The van der Waals surface area contributed by atoms with E-state index < -0.39 is 0 Å². The van der Waals surface area contributed by atoms with Crippen molar-refractivity contribution in [1.29, 1.82) is 5.26 Å². The van der Waals surface area contributed by atoms with Gasteiger partial charge in [0.1, 0.15) is 11.1 Å². The Hall–Kier alpha value is -3.88. The molecule has 2 N–H and O–H groups in total. The SMILES string of the molecule is N#Cc1cnn2c(-c3cc(NC4COC4)c(-c4nnc(C5CCC(NC(=O)C6CC6)CC5)s4)cn3)ccc2c1. The van der Waals surface area contributed by atoms with Crippen LogP contribution in [0.25, 0.3) is 27.5 Å². The van der Waals surface area contributed by atoms with E-state index in [0.29, 0.717) is 24.7 Å². The third-order valence-electron chi connectivity index (χ3n) is 7.84. The fraction of sp³-hybridized carbons (Fsp3) is 0.429. The normalized spacial score (nSPS) is 21.3. The maximum Gasteiger partial charge on any atom is 0.223 e. The molecule has 7 rings (SSSR count). The zero-order valence-corrected chi connectivity index (χ0v) is 22.2. The van der Waals surface area contributed by atoms with Gasteiger partial charge in [0.15, 0.2) is 5.01 Å². The molecule has 11 heteroatoms. The molecule has 2 aliphatic carbocycles. The summed E-state index contributed by atoms with van der Waals surface area (Å²) >= 11 is 1.63. The van der Waals surface area contributed by atoms with Crippen LogP contribution in [0.5, 0.6) is 0 Å². The molecule has 10 nitrogen and oxygen atoms in total. The Balaban J connectivity index is 1.13. The van der Waals surface area contributed by atoms with Crippen molar-refractivity contribution in [3.63, 3.8) is 0 Å². The number of fused-ring (bicyclic) bond motifs is 1. The number of carbonyl (C=O) groups is 1. The second-order valence-electron chi connectivity index (χ2n) is 10.7. The molecule has 1 aliphatic heterocycles. The Morgan fingerprint density at radius 3 is 2.64 bits per heavy atom. The molecule has 0 bridgehead atoms. The van der Waals surface area contributed by atoms with E-state index in [2.05, 4.69) is 32.0 Å². The maximum absolute atomic E-state index is 12.1. The van der Waals surface area contributed by atoms with Crippen LogP contribution in [0.1, 0.15) is 55.0 Å². The van der Waals surface area contributed by atoms with Crippen LogP contribution in [0.4, 0.5) is 5.69 Å². The molecule has 0 spiro atoms. The second kappa shape index (κ2) is 10.0. The molecule has 1 saturated heterocycles. The first-order chi connectivity index (χ1) is 19.1. The highest BCUT2D eigenvalue weighted by molar-refractivity contribution is 7.14. The Bertz CT molecular complexity index is 1570. The fourth-order valence-electron chi connectivity index (χ4n) is 5.34. The van der Waals surface area contributed by atoms with E-state index in [-0.39, 0.29) is 23.9 Å². The average molecular weight is 541 g/mol. The number of aromatic nitrogens is 5. The van der Waals surface area contributed by atoms with E-state index >= 15 is 0 Å². The summed E-state index contributed by atoms with van der Waals surface area (Å²) < 4.78 is 7.19. The number of rotatable bonds is 7. The first-order valence-corrected chi connectivity index (χ1v) is 14.3. The minimum atomic E-state index is 0.230. The molecule has 39 heavy (non-hydrogen) atoms. The summed E-state index contributed by atoms with van der Waals surface area (Å²) in [6, 6.07) is 10.4. The third-order valence-corrected chi connectivity index (χ3v) is 8.95. The lowest BCUT2D eigenvalue weighted by atomic mass is 9.86. The molecule has 0 radical (unpaired) electrons. The molecule has 5 heterocycles. The Morgan fingerprint density at radius 1 is 1.05 bits per heavy atom. The van der Waals surface area contributed by atoms with Gasteiger partial charge in [-0.1, -0.05) is 11.3 Å². The molecule has 2 saturated carbocycles. The molecule has 0 unspecified atom stereocenters. The quantitative estimate of drug-likeness (QED) is 0.358. The van der Waals surface area contributed by atoms with Crippen molar-refractivity contribution in [1.82, 2.24) is 30.1 Å². The van der Waals surface area contributed by atoms with E-state index in [4.69, 9.17) is 9.72 Å². The number of ether oxygens (including phenoxy) is 1. The number of anilines is 1. The summed E-state index contributed by atoms with van der Waals surface area (Å²) in [7, 11) is 0.